The molecule has 3 N–H and O–H groups in total. The average Bonchev–Trinajstić information content (AvgIpc) is 2.44. The molecule has 0 unspecified atom stereocenters. The molecule has 0 amide bonds. The molecular weight excluding hydrogens is 306 g/mol. The summed E-state index contributed by atoms with van der Waals surface area (Å²) in [5.74, 6) is 0. The molecule has 2 heterocycles. The van der Waals surface area contributed by atoms with Crippen LogP contribution in [0.1, 0.15) is 24.0 Å². The predicted octanol–water partition coefficient (Wildman–Crippen LogP) is 0.367. The normalized spacial score (nSPS) is 12.3. The van der Waals surface area contributed by atoms with Crippen LogP contribution in [0.15, 0.2) is 28.8 Å². The molecule has 0 bridgehead atoms. The van der Waals surface area contributed by atoms with E-state index in [1.54, 1.807) is 13.1 Å². The van der Waals surface area contributed by atoms with Crippen LogP contribution in [-0.4, -0.2) is 34.1 Å². The van der Waals surface area contributed by atoms with Crippen molar-refractivity contribution in [1.29, 1.82) is 0 Å². The minimum absolute atomic E-state index is 0.421. The number of aromatic nitrogens is 4. The van der Waals surface area contributed by atoms with Crippen LogP contribution in [0.4, 0.5) is 5.69 Å². The summed E-state index contributed by atoms with van der Waals surface area (Å²) in [6.07, 6.45) is 4.21. The summed E-state index contributed by atoms with van der Waals surface area (Å²) in [5.41, 5.74) is 6.03. The molecule has 0 radical (unpaired) electrons. The van der Waals surface area contributed by atoms with E-state index in [9.17, 15) is 8.42 Å². The minimum Gasteiger partial charge on any atom is -0.275 e. The second-order valence-corrected chi connectivity index (χ2v) is 6.01. The smallest absolute Gasteiger partial charge is 0.273 e. The number of nitrogens with one attached hydrogen (secondary N) is 1. The first-order chi connectivity index (χ1) is 10.3. The lowest BCUT2D eigenvalue weighted by atomic mass is 10.2. The van der Waals surface area contributed by atoms with Crippen molar-refractivity contribution in [3.05, 3.63) is 35.7 Å². The van der Waals surface area contributed by atoms with Gasteiger partial charge >= 0.3 is 0 Å². The van der Waals surface area contributed by atoms with Gasteiger partial charge in [0.25, 0.3) is 15.2 Å². The third kappa shape index (κ3) is 3.80. The van der Waals surface area contributed by atoms with Crippen LogP contribution in [0.25, 0.3) is 0 Å². The summed E-state index contributed by atoms with van der Waals surface area (Å²) in [6, 6.07) is 0. The van der Waals surface area contributed by atoms with E-state index in [2.05, 4.69) is 30.5 Å². The fraction of sp³-hybridized carbons (Fsp3) is 0.250. The lowest BCUT2D eigenvalue weighted by Gasteiger charge is -2.05. The molecule has 2 rings (SSSR count). The molecule has 0 aromatic carbocycles. The third-order valence-electron chi connectivity index (χ3n) is 2.65. The maximum atomic E-state index is 11.0. The fourth-order valence-corrected chi connectivity index (χ4v) is 2.07. The number of hydrogen-bond acceptors (Lipinski definition) is 8. The molecule has 0 saturated heterocycles. The number of rotatable bonds is 4. The second kappa shape index (κ2) is 6.12. The van der Waals surface area contributed by atoms with E-state index >= 15 is 0 Å². The average molecular weight is 321 g/mol. The maximum absolute atomic E-state index is 11.0. The van der Waals surface area contributed by atoms with E-state index in [-0.39, 0.29) is 0 Å². The quantitative estimate of drug-likeness (QED) is 0.471. The number of hydrazone groups is 1. The van der Waals surface area contributed by atoms with Crippen LogP contribution in [0.5, 0.6) is 0 Å². The Kier molecular flexibility index (Phi) is 4.43. The molecule has 0 aliphatic heterocycles. The maximum Gasteiger partial charge on any atom is 0.273 e. The minimum atomic E-state index is -3.91. The lowest BCUT2D eigenvalue weighted by Crippen LogP contribution is -2.15. The van der Waals surface area contributed by atoms with Gasteiger partial charge in [-0.25, -0.2) is 23.5 Å². The first-order valence-electron chi connectivity index (χ1n) is 6.23. The number of anilines is 1. The van der Waals surface area contributed by atoms with E-state index in [4.69, 9.17) is 5.14 Å². The van der Waals surface area contributed by atoms with Gasteiger partial charge in [-0.1, -0.05) is 0 Å². The first-order valence-corrected chi connectivity index (χ1v) is 7.78. The van der Waals surface area contributed by atoms with Gasteiger partial charge in [-0.15, -0.1) is 0 Å². The second-order valence-electron chi connectivity index (χ2n) is 4.55. The van der Waals surface area contributed by atoms with Crippen molar-refractivity contribution in [2.24, 2.45) is 10.2 Å². The SMILES string of the molecule is C/C(=N\Nc1cnc(S(N)(=O)=O)nc1)c1ncc(C)nc1C. The van der Waals surface area contributed by atoms with Gasteiger partial charge < -0.3 is 0 Å². The predicted molar refractivity (Wildman–Crippen MR) is 80.7 cm³/mol. The van der Waals surface area contributed by atoms with E-state index in [1.807, 2.05) is 13.8 Å². The molecule has 0 fully saturated rings. The molecule has 10 heteroatoms. The lowest BCUT2D eigenvalue weighted by molar-refractivity contribution is 0.588. The van der Waals surface area contributed by atoms with Crippen LogP contribution in [0.2, 0.25) is 0 Å². The van der Waals surface area contributed by atoms with Crippen LogP contribution in [-0.2, 0) is 10.0 Å². The summed E-state index contributed by atoms with van der Waals surface area (Å²) in [5, 5.41) is 8.62. The van der Waals surface area contributed by atoms with Gasteiger partial charge in [-0.05, 0) is 20.8 Å². The molecule has 0 aliphatic rings. The van der Waals surface area contributed by atoms with Crippen molar-refractivity contribution in [3.63, 3.8) is 0 Å². The van der Waals surface area contributed by atoms with Crippen LogP contribution >= 0.6 is 0 Å². The Balaban J connectivity index is 2.17. The van der Waals surface area contributed by atoms with Gasteiger partial charge in [0.15, 0.2) is 0 Å². The highest BCUT2D eigenvalue weighted by Gasteiger charge is 2.11. The molecule has 0 atom stereocenters. The Bertz CT molecular complexity index is 816. The highest BCUT2D eigenvalue weighted by Crippen LogP contribution is 2.08. The molecule has 2 aromatic heterocycles. The van der Waals surface area contributed by atoms with E-state index in [0.29, 0.717) is 17.1 Å². The van der Waals surface area contributed by atoms with Crippen molar-refractivity contribution >= 4 is 21.4 Å². The van der Waals surface area contributed by atoms with Gasteiger partial charge in [0, 0.05) is 6.20 Å². The van der Waals surface area contributed by atoms with Crippen LogP contribution in [0.3, 0.4) is 0 Å². The van der Waals surface area contributed by atoms with Crippen LogP contribution in [0, 0.1) is 13.8 Å². The number of hydrogen-bond donors (Lipinski definition) is 2. The molecule has 22 heavy (non-hydrogen) atoms. The van der Waals surface area contributed by atoms with Gasteiger partial charge in [-0.3, -0.25) is 15.4 Å². The zero-order chi connectivity index (χ0) is 16.3. The largest absolute Gasteiger partial charge is 0.275 e. The summed E-state index contributed by atoms with van der Waals surface area (Å²) in [6.45, 7) is 5.48. The summed E-state index contributed by atoms with van der Waals surface area (Å²) in [4.78, 5) is 15.9. The summed E-state index contributed by atoms with van der Waals surface area (Å²) >= 11 is 0. The number of primary sulfonamides is 1. The molecule has 116 valence electrons. The van der Waals surface area contributed by atoms with E-state index in [1.165, 1.54) is 12.4 Å². The third-order valence-corrected chi connectivity index (χ3v) is 3.37. The zero-order valence-electron chi connectivity index (χ0n) is 12.3. The molecule has 0 spiro atoms. The van der Waals surface area contributed by atoms with E-state index in [0.717, 1.165) is 11.4 Å². The van der Waals surface area contributed by atoms with Crippen molar-refractivity contribution in [2.45, 2.75) is 25.9 Å². The molecule has 0 saturated carbocycles. The van der Waals surface area contributed by atoms with Crippen LogP contribution < -0.4 is 10.6 Å². The molecule has 9 nitrogen and oxygen atoms in total. The molecule has 2 aromatic rings. The molecule has 0 aliphatic carbocycles. The zero-order valence-corrected chi connectivity index (χ0v) is 13.1. The van der Waals surface area contributed by atoms with Gasteiger partial charge in [0.05, 0.1) is 35.2 Å². The Morgan fingerprint density at radius 2 is 1.82 bits per heavy atom. The number of nitrogens with zero attached hydrogens (tertiary/aromatic N) is 5. The molecular formula is C12H15N7O2S. The number of nitrogens with two attached hydrogens (primary N) is 1. The van der Waals surface area contributed by atoms with Gasteiger partial charge in [0.1, 0.15) is 5.69 Å². The van der Waals surface area contributed by atoms with Gasteiger partial charge in [-0.2, -0.15) is 5.10 Å². The Labute approximate surface area is 127 Å². The number of aryl methyl sites for hydroxylation is 2. The Morgan fingerprint density at radius 1 is 1.18 bits per heavy atom. The highest BCUT2D eigenvalue weighted by atomic mass is 32.2. The van der Waals surface area contributed by atoms with Gasteiger partial charge in [0.2, 0.25) is 0 Å². The van der Waals surface area contributed by atoms with Crippen molar-refractivity contribution in [3.8, 4) is 0 Å². The van der Waals surface area contributed by atoms with E-state index < -0.39 is 15.2 Å². The summed E-state index contributed by atoms with van der Waals surface area (Å²) < 4.78 is 22.1. The standard InChI is InChI=1S/C12H15N7O2S/c1-7-4-14-11(8(2)17-7)9(3)18-19-10-5-15-12(16-6-10)22(13,20)21/h4-6,19H,1-3H3,(H2,13,20,21)/b18-9+. The summed E-state index contributed by atoms with van der Waals surface area (Å²) in [7, 11) is -3.91. The first kappa shape index (κ1) is 15.9. The fourth-order valence-electron chi connectivity index (χ4n) is 1.68. The van der Waals surface area contributed by atoms with Crippen molar-refractivity contribution < 1.29 is 8.42 Å². The van der Waals surface area contributed by atoms with Crippen molar-refractivity contribution in [1.82, 2.24) is 19.9 Å². The number of sulfonamides is 1. The Morgan fingerprint density at radius 3 is 2.36 bits per heavy atom. The Hall–Kier alpha value is -2.46. The monoisotopic (exact) mass is 321 g/mol. The topological polar surface area (TPSA) is 136 Å². The van der Waals surface area contributed by atoms with Crippen molar-refractivity contribution in [2.75, 3.05) is 5.43 Å². The highest BCUT2D eigenvalue weighted by molar-refractivity contribution is 7.89.